The van der Waals surface area contributed by atoms with E-state index in [9.17, 15) is 4.79 Å². The molecule has 1 aliphatic rings. The summed E-state index contributed by atoms with van der Waals surface area (Å²) in [5, 5.41) is 3.11. The molecule has 0 bridgehead atoms. The van der Waals surface area contributed by atoms with Gasteiger partial charge in [-0.25, -0.2) is 0 Å². The van der Waals surface area contributed by atoms with Crippen LogP contribution in [0.25, 0.3) is 0 Å². The van der Waals surface area contributed by atoms with Crippen molar-refractivity contribution in [2.45, 2.75) is 45.2 Å². The van der Waals surface area contributed by atoms with Gasteiger partial charge in [-0.2, -0.15) is 0 Å². The zero-order chi connectivity index (χ0) is 16.9. The van der Waals surface area contributed by atoms with Crippen molar-refractivity contribution >= 4 is 5.91 Å². The monoisotopic (exact) mass is 317 g/mol. The minimum Gasteiger partial charge on any atom is -0.350 e. The smallest absolute Gasteiger partial charge is 0.239 e. The van der Waals surface area contributed by atoms with Gasteiger partial charge in [-0.05, 0) is 52.8 Å². The molecule has 1 heterocycles. The number of likely N-dealkylation sites (N-methyl/N-ethyl adjacent to an activating group) is 1. The molecule has 1 N–H and O–H groups in total. The maximum Gasteiger partial charge on any atom is 0.239 e. The van der Waals surface area contributed by atoms with Gasteiger partial charge in [-0.1, -0.05) is 30.3 Å². The number of rotatable bonds is 5. The number of carbonyl (C=O) groups excluding carboxylic acids is 1. The van der Waals surface area contributed by atoms with Crippen molar-refractivity contribution in [1.29, 1.82) is 0 Å². The number of amides is 1. The second-order valence-corrected chi connectivity index (χ2v) is 7.63. The van der Waals surface area contributed by atoms with Crippen LogP contribution in [-0.2, 0) is 11.2 Å². The molecule has 0 aromatic heterocycles. The molecular weight excluding hydrogens is 286 g/mol. The van der Waals surface area contributed by atoms with E-state index in [1.807, 2.05) is 27.8 Å². The van der Waals surface area contributed by atoms with Crippen LogP contribution in [0.5, 0.6) is 0 Å². The van der Waals surface area contributed by atoms with Gasteiger partial charge in [0.1, 0.15) is 6.04 Å². The summed E-state index contributed by atoms with van der Waals surface area (Å²) in [6, 6.07) is 10.6. The van der Waals surface area contributed by atoms with Crippen LogP contribution in [0.1, 0.15) is 32.8 Å². The SMILES string of the molecule is CN1CCN(CCCc2ccccc2)C[C@H]1C(=O)NC(C)(C)C. The molecule has 0 saturated carbocycles. The summed E-state index contributed by atoms with van der Waals surface area (Å²) in [4.78, 5) is 17.1. The van der Waals surface area contributed by atoms with Crippen LogP contribution in [0, 0.1) is 0 Å². The molecule has 4 nitrogen and oxygen atoms in total. The van der Waals surface area contributed by atoms with Crippen LogP contribution in [0.2, 0.25) is 0 Å². The molecule has 0 unspecified atom stereocenters. The Morgan fingerprint density at radius 3 is 2.57 bits per heavy atom. The largest absolute Gasteiger partial charge is 0.350 e. The average Bonchev–Trinajstić information content (AvgIpc) is 2.48. The zero-order valence-electron chi connectivity index (χ0n) is 15.0. The summed E-state index contributed by atoms with van der Waals surface area (Å²) >= 11 is 0. The van der Waals surface area contributed by atoms with Crippen LogP contribution < -0.4 is 5.32 Å². The molecule has 1 fully saturated rings. The zero-order valence-corrected chi connectivity index (χ0v) is 15.0. The quantitative estimate of drug-likeness (QED) is 0.904. The maximum absolute atomic E-state index is 12.5. The first-order valence-electron chi connectivity index (χ1n) is 8.64. The van der Waals surface area contributed by atoms with Crippen molar-refractivity contribution in [3.63, 3.8) is 0 Å². The molecule has 1 aromatic rings. The Bertz CT molecular complexity index is 495. The number of hydrogen-bond donors (Lipinski definition) is 1. The van der Waals surface area contributed by atoms with E-state index in [1.165, 1.54) is 5.56 Å². The lowest BCUT2D eigenvalue weighted by atomic mass is 10.1. The van der Waals surface area contributed by atoms with Crippen molar-refractivity contribution in [2.75, 3.05) is 33.2 Å². The molecule has 1 atom stereocenters. The fourth-order valence-electron chi connectivity index (χ4n) is 3.02. The van der Waals surface area contributed by atoms with Gasteiger partial charge in [-0.3, -0.25) is 14.6 Å². The normalized spacial score (nSPS) is 20.4. The van der Waals surface area contributed by atoms with Gasteiger partial charge >= 0.3 is 0 Å². The maximum atomic E-state index is 12.5. The lowest BCUT2D eigenvalue weighted by Gasteiger charge is -2.39. The molecule has 1 aliphatic heterocycles. The number of nitrogens with zero attached hydrogens (tertiary/aromatic N) is 2. The van der Waals surface area contributed by atoms with Crippen molar-refractivity contribution in [3.05, 3.63) is 35.9 Å². The number of nitrogens with one attached hydrogen (secondary N) is 1. The first kappa shape index (κ1) is 18.0. The minimum absolute atomic E-state index is 0.0419. The number of hydrogen-bond acceptors (Lipinski definition) is 3. The van der Waals surface area contributed by atoms with Gasteiger partial charge in [0, 0.05) is 25.2 Å². The molecule has 1 amide bonds. The lowest BCUT2D eigenvalue weighted by molar-refractivity contribution is -0.129. The van der Waals surface area contributed by atoms with E-state index in [-0.39, 0.29) is 17.5 Å². The van der Waals surface area contributed by atoms with Crippen molar-refractivity contribution in [2.24, 2.45) is 0 Å². The van der Waals surface area contributed by atoms with Crippen LogP contribution in [-0.4, -0.2) is 60.5 Å². The predicted molar refractivity (Wildman–Crippen MR) is 95.5 cm³/mol. The minimum atomic E-state index is -0.173. The highest BCUT2D eigenvalue weighted by atomic mass is 16.2. The summed E-state index contributed by atoms with van der Waals surface area (Å²) in [7, 11) is 2.05. The Morgan fingerprint density at radius 2 is 1.91 bits per heavy atom. The second kappa shape index (κ2) is 7.93. The summed E-state index contributed by atoms with van der Waals surface area (Å²) in [6.07, 6.45) is 2.24. The van der Waals surface area contributed by atoms with E-state index in [2.05, 4.69) is 45.4 Å². The third-order valence-electron chi connectivity index (χ3n) is 4.32. The van der Waals surface area contributed by atoms with Crippen LogP contribution >= 0.6 is 0 Å². The standard InChI is InChI=1S/C19H31N3O/c1-19(2,3)20-18(23)17-15-22(14-13-21(17)4)12-8-11-16-9-6-5-7-10-16/h5-7,9-10,17H,8,11-15H2,1-4H3,(H,20,23)/t17-/m0/s1. The van der Waals surface area contributed by atoms with E-state index in [0.717, 1.165) is 39.0 Å². The van der Waals surface area contributed by atoms with E-state index in [1.54, 1.807) is 0 Å². The van der Waals surface area contributed by atoms with Gasteiger partial charge in [0.15, 0.2) is 0 Å². The number of aryl methyl sites for hydroxylation is 1. The highest BCUT2D eigenvalue weighted by molar-refractivity contribution is 5.82. The Morgan fingerprint density at radius 1 is 1.22 bits per heavy atom. The molecule has 128 valence electrons. The molecule has 1 saturated heterocycles. The number of piperazine rings is 1. The Hall–Kier alpha value is -1.39. The topological polar surface area (TPSA) is 35.6 Å². The molecule has 0 aliphatic carbocycles. The van der Waals surface area contributed by atoms with Gasteiger partial charge in [-0.15, -0.1) is 0 Å². The lowest BCUT2D eigenvalue weighted by Crippen LogP contribution is -2.59. The molecule has 1 aromatic carbocycles. The highest BCUT2D eigenvalue weighted by Crippen LogP contribution is 2.11. The Balaban J connectivity index is 1.81. The van der Waals surface area contributed by atoms with Gasteiger partial charge < -0.3 is 5.32 Å². The van der Waals surface area contributed by atoms with Crippen molar-refractivity contribution in [1.82, 2.24) is 15.1 Å². The molecule has 0 radical (unpaired) electrons. The number of benzene rings is 1. The van der Waals surface area contributed by atoms with Crippen molar-refractivity contribution in [3.8, 4) is 0 Å². The summed E-state index contributed by atoms with van der Waals surface area (Å²) in [6.45, 7) is 9.98. The van der Waals surface area contributed by atoms with E-state index < -0.39 is 0 Å². The predicted octanol–water partition coefficient (Wildman–Crippen LogP) is 2.15. The molecule has 4 heteroatoms. The molecule has 23 heavy (non-hydrogen) atoms. The summed E-state index contributed by atoms with van der Waals surface area (Å²) in [5.74, 6) is 0.146. The van der Waals surface area contributed by atoms with E-state index in [4.69, 9.17) is 0 Å². The Labute approximate surface area is 140 Å². The third kappa shape index (κ3) is 5.96. The van der Waals surface area contributed by atoms with Crippen LogP contribution in [0.3, 0.4) is 0 Å². The number of carbonyl (C=O) groups is 1. The first-order chi connectivity index (χ1) is 10.8. The first-order valence-corrected chi connectivity index (χ1v) is 8.64. The Kier molecular flexibility index (Phi) is 6.19. The van der Waals surface area contributed by atoms with Gasteiger partial charge in [0.05, 0.1) is 0 Å². The highest BCUT2D eigenvalue weighted by Gasteiger charge is 2.31. The molecule has 0 spiro atoms. The summed E-state index contributed by atoms with van der Waals surface area (Å²) in [5.41, 5.74) is 1.22. The molecular formula is C19H31N3O. The van der Waals surface area contributed by atoms with Crippen molar-refractivity contribution < 1.29 is 4.79 Å². The van der Waals surface area contributed by atoms with Gasteiger partial charge in [0.25, 0.3) is 0 Å². The average molecular weight is 317 g/mol. The van der Waals surface area contributed by atoms with E-state index >= 15 is 0 Å². The van der Waals surface area contributed by atoms with E-state index in [0.29, 0.717) is 0 Å². The van der Waals surface area contributed by atoms with Crippen LogP contribution in [0.15, 0.2) is 30.3 Å². The third-order valence-corrected chi connectivity index (χ3v) is 4.32. The summed E-state index contributed by atoms with van der Waals surface area (Å²) < 4.78 is 0. The van der Waals surface area contributed by atoms with Crippen LogP contribution in [0.4, 0.5) is 0 Å². The molecule has 2 rings (SSSR count). The second-order valence-electron chi connectivity index (χ2n) is 7.63. The fraction of sp³-hybridized carbons (Fsp3) is 0.632. The fourth-order valence-corrected chi connectivity index (χ4v) is 3.02. The van der Waals surface area contributed by atoms with Gasteiger partial charge in [0.2, 0.25) is 5.91 Å².